The molecule has 5 nitrogen and oxygen atoms in total. The molecule has 0 fully saturated rings. The van der Waals surface area contributed by atoms with E-state index < -0.39 is 11.5 Å². The Bertz CT molecular complexity index is 1450. The maximum atomic E-state index is 13.1. The Labute approximate surface area is 218 Å². The van der Waals surface area contributed by atoms with Crippen molar-refractivity contribution in [2.45, 2.75) is 24.8 Å². The molecule has 5 rings (SSSR count). The molecular formula is C30H23ClFNO4. The highest BCUT2D eigenvalue weighted by Crippen LogP contribution is 2.34. The molecule has 1 aliphatic carbocycles. The molecule has 4 aromatic rings. The summed E-state index contributed by atoms with van der Waals surface area (Å²) in [6, 6.07) is 25.9. The van der Waals surface area contributed by atoms with Gasteiger partial charge >= 0.3 is 5.97 Å². The second-order valence-electron chi connectivity index (χ2n) is 9.16. The number of halogens is 2. The van der Waals surface area contributed by atoms with E-state index in [1.165, 1.54) is 24.3 Å². The summed E-state index contributed by atoms with van der Waals surface area (Å²) >= 11 is 5.99. The Morgan fingerprint density at radius 1 is 0.838 bits per heavy atom. The second-order valence-corrected chi connectivity index (χ2v) is 9.59. The van der Waals surface area contributed by atoms with Gasteiger partial charge in [0.2, 0.25) is 5.91 Å². The van der Waals surface area contributed by atoms with Crippen molar-refractivity contribution in [1.29, 1.82) is 0 Å². The lowest BCUT2D eigenvalue weighted by molar-refractivity contribution is -0.147. The van der Waals surface area contributed by atoms with Crippen LogP contribution in [-0.4, -0.2) is 22.5 Å². The number of nitrogens with one attached hydrogen (secondary N) is 1. The van der Waals surface area contributed by atoms with Crippen molar-refractivity contribution < 1.29 is 23.8 Å². The lowest BCUT2D eigenvalue weighted by Crippen LogP contribution is -2.55. The molecule has 4 aromatic carbocycles. The van der Waals surface area contributed by atoms with Gasteiger partial charge in [0.25, 0.3) is 0 Å². The van der Waals surface area contributed by atoms with E-state index in [1.54, 1.807) is 24.3 Å². The molecule has 0 spiro atoms. The van der Waals surface area contributed by atoms with Gasteiger partial charge in [0.1, 0.15) is 22.9 Å². The number of hydrogen-bond donors (Lipinski definition) is 2. The smallest absolute Gasteiger partial charge is 0.330 e. The molecular weight excluding hydrogens is 493 g/mol. The van der Waals surface area contributed by atoms with E-state index >= 15 is 0 Å². The molecule has 0 heterocycles. The molecule has 2 N–H and O–H groups in total. The number of benzene rings is 4. The van der Waals surface area contributed by atoms with Gasteiger partial charge in [-0.25, -0.2) is 9.18 Å². The predicted octanol–water partition coefficient (Wildman–Crippen LogP) is 6.22. The van der Waals surface area contributed by atoms with E-state index in [0.29, 0.717) is 22.1 Å². The third-order valence-corrected chi connectivity index (χ3v) is 6.75. The minimum absolute atomic E-state index is 0.0260. The Kier molecular flexibility index (Phi) is 6.68. The van der Waals surface area contributed by atoms with Gasteiger partial charge in [-0.15, -0.1) is 0 Å². The van der Waals surface area contributed by atoms with Crippen molar-refractivity contribution in [3.05, 3.63) is 119 Å². The third kappa shape index (κ3) is 5.49. The Morgan fingerprint density at radius 2 is 1.43 bits per heavy atom. The molecule has 0 aliphatic heterocycles. The Morgan fingerprint density at radius 3 is 2.08 bits per heavy atom. The maximum Gasteiger partial charge on any atom is 0.330 e. The Hall–Kier alpha value is -4.16. The molecule has 1 amide bonds. The predicted molar refractivity (Wildman–Crippen MR) is 139 cm³/mol. The van der Waals surface area contributed by atoms with Crippen LogP contribution in [0.2, 0.25) is 5.02 Å². The molecule has 0 aromatic heterocycles. The van der Waals surface area contributed by atoms with Crippen LogP contribution in [0.4, 0.5) is 4.39 Å². The number of carbonyl (C=O) groups is 2. The van der Waals surface area contributed by atoms with Crippen LogP contribution in [0.3, 0.4) is 0 Å². The van der Waals surface area contributed by atoms with Crippen LogP contribution >= 0.6 is 11.6 Å². The highest BCUT2D eigenvalue weighted by Gasteiger charge is 2.45. The average Bonchev–Trinajstić information content (AvgIpc) is 3.25. The molecule has 0 radical (unpaired) electrons. The molecule has 1 atom stereocenters. The van der Waals surface area contributed by atoms with Gasteiger partial charge in [0, 0.05) is 17.9 Å². The molecule has 0 saturated carbocycles. The molecule has 37 heavy (non-hydrogen) atoms. The minimum Gasteiger partial charge on any atom is -0.479 e. The first-order valence-electron chi connectivity index (χ1n) is 11.7. The number of ether oxygens (including phenoxy) is 1. The summed E-state index contributed by atoms with van der Waals surface area (Å²) in [7, 11) is 0. The molecule has 0 saturated heterocycles. The third-order valence-electron chi connectivity index (χ3n) is 6.49. The number of carbonyl (C=O) groups excluding carboxylic acids is 1. The van der Waals surface area contributed by atoms with Gasteiger partial charge in [-0.05, 0) is 76.3 Å². The van der Waals surface area contributed by atoms with Crippen LogP contribution in [0.1, 0.15) is 16.7 Å². The van der Waals surface area contributed by atoms with Gasteiger partial charge < -0.3 is 15.2 Å². The van der Waals surface area contributed by atoms with Crippen molar-refractivity contribution in [3.8, 4) is 22.6 Å². The second kappa shape index (κ2) is 10.1. The average molecular weight is 516 g/mol. The van der Waals surface area contributed by atoms with Crippen LogP contribution < -0.4 is 10.1 Å². The van der Waals surface area contributed by atoms with Crippen molar-refractivity contribution >= 4 is 23.5 Å². The van der Waals surface area contributed by atoms with Gasteiger partial charge in [0.05, 0.1) is 6.42 Å². The standard InChI is InChI=1S/C30H23ClFNO4/c31-24-7-5-20(6-8-24)21-3-4-22-17-30(29(35)36,18-23(22)16-21)33-28(34)15-19-1-11-26(12-2-19)37-27-13-9-25(32)10-14-27/h1-14,16H,15,17-18H2,(H,33,34)(H,35,36). The first kappa shape index (κ1) is 24.5. The van der Waals surface area contributed by atoms with E-state index in [4.69, 9.17) is 16.3 Å². The summed E-state index contributed by atoms with van der Waals surface area (Å²) in [5.74, 6) is -0.746. The summed E-state index contributed by atoms with van der Waals surface area (Å²) in [5.41, 5.74) is 3.07. The SMILES string of the molecule is O=C(Cc1ccc(Oc2ccc(F)cc2)cc1)NC1(C(=O)O)Cc2ccc(-c3ccc(Cl)cc3)cc2C1. The van der Waals surface area contributed by atoms with Crippen molar-refractivity contribution in [1.82, 2.24) is 5.32 Å². The van der Waals surface area contributed by atoms with E-state index in [9.17, 15) is 19.1 Å². The Balaban J connectivity index is 1.26. The molecule has 1 unspecified atom stereocenters. The minimum atomic E-state index is -1.40. The molecule has 186 valence electrons. The highest BCUT2D eigenvalue weighted by atomic mass is 35.5. The van der Waals surface area contributed by atoms with E-state index in [1.807, 2.05) is 42.5 Å². The van der Waals surface area contributed by atoms with Crippen LogP contribution in [-0.2, 0) is 28.9 Å². The van der Waals surface area contributed by atoms with Crippen LogP contribution in [0.5, 0.6) is 11.5 Å². The largest absolute Gasteiger partial charge is 0.479 e. The summed E-state index contributed by atoms with van der Waals surface area (Å²) in [6.07, 6.45) is 0.447. The van der Waals surface area contributed by atoms with Crippen LogP contribution in [0.15, 0.2) is 91.0 Å². The van der Waals surface area contributed by atoms with Gasteiger partial charge in [-0.1, -0.05) is 54.1 Å². The monoisotopic (exact) mass is 515 g/mol. The zero-order chi connectivity index (χ0) is 26.0. The summed E-state index contributed by atoms with van der Waals surface area (Å²) in [5, 5.41) is 13.5. The van der Waals surface area contributed by atoms with Crippen LogP contribution in [0.25, 0.3) is 11.1 Å². The van der Waals surface area contributed by atoms with Crippen LogP contribution in [0, 0.1) is 5.82 Å². The van der Waals surface area contributed by atoms with Gasteiger partial charge in [-0.3, -0.25) is 4.79 Å². The number of aliphatic carboxylic acids is 1. The molecule has 7 heteroatoms. The topological polar surface area (TPSA) is 75.6 Å². The van der Waals surface area contributed by atoms with Gasteiger partial charge in [-0.2, -0.15) is 0 Å². The van der Waals surface area contributed by atoms with Crippen molar-refractivity contribution in [3.63, 3.8) is 0 Å². The summed E-state index contributed by atoms with van der Waals surface area (Å²) < 4.78 is 18.7. The fourth-order valence-electron chi connectivity index (χ4n) is 4.60. The van der Waals surface area contributed by atoms with Gasteiger partial charge in [0.15, 0.2) is 0 Å². The molecule has 0 bridgehead atoms. The number of carboxylic acids is 1. The van der Waals surface area contributed by atoms with E-state index in [2.05, 4.69) is 5.32 Å². The number of hydrogen-bond acceptors (Lipinski definition) is 3. The molecule has 1 aliphatic rings. The lowest BCUT2D eigenvalue weighted by atomic mass is 9.95. The number of rotatable bonds is 7. The summed E-state index contributed by atoms with van der Waals surface area (Å²) in [4.78, 5) is 25.2. The van der Waals surface area contributed by atoms with Crippen molar-refractivity contribution in [2.75, 3.05) is 0 Å². The zero-order valence-electron chi connectivity index (χ0n) is 19.7. The first-order valence-corrected chi connectivity index (χ1v) is 12.1. The first-order chi connectivity index (χ1) is 17.8. The quantitative estimate of drug-likeness (QED) is 0.306. The van der Waals surface area contributed by atoms with E-state index in [-0.39, 0.29) is 31.0 Å². The zero-order valence-corrected chi connectivity index (χ0v) is 20.5. The summed E-state index contributed by atoms with van der Waals surface area (Å²) in [6.45, 7) is 0. The number of amides is 1. The van der Waals surface area contributed by atoms with E-state index in [0.717, 1.165) is 22.3 Å². The number of carboxylic acid groups (broad SMARTS) is 1. The highest BCUT2D eigenvalue weighted by molar-refractivity contribution is 6.30. The fraction of sp³-hybridized carbons (Fsp3) is 0.133. The maximum absolute atomic E-state index is 13.1. The fourth-order valence-corrected chi connectivity index (χ4v) is 4.73. The number of fused-ring (bicyclic) bond motifs is 1. The van der Waals surface area contributed by atoms with Crippen molar-refractivity contribution in [2.24, 2.45) is 0 Å². The normalized spacial score (nSPS) is 16.2. The lowest BCUT2D eigenvalue weighted by Gasteiger charge is -2.25.